The number of nitrogens with zero attached hydrogens (tertiary/aromatic N) is 3. The largest absolute Gasteiger partial charge is 0.369 e. The molecule has 1 aliphatic rings. The molecule has 0 saturated carbocycles. The zero-order valence-corrected chi connectivity index (χ0v) is 12.2. The second kappa shape index (κ2) is 5.57. The van der Waals surface area contributed by atoms with E-state index in [-0.39, 0.29) is 12.6 Å². The molecule has 0 N–H and O–H groups in total. The molecule has 106 valence electrons. The van der Waals surface area contributed by atoms with Crippen LogP contribution in [0.15, 0.2) is 40.3 Å². The Morgan fingerprint density at radius 3 is 3.00 bits per heavy atom. The van der Waals surface area contributed by atoms with Crippen LogP contribution in [0.25, 0.3) is 0 Å². The number of morpholine rings is 1. The number of rotatable bonds is 3. The maximum atomic E-state index is 12.5. The van der Waals surface area contributed by atoms with Crippen LogP contribution in [0, 0.1) is 0 Å². The van der Waals surface area contributed by atoms with Crippen LogP contribution in [0.3, 0.4) is 0 Å². The first-order chi connectivity index (χ1) is 9.68. The van der Waals surface area contributed by atoms with Crippen LogP contribution < -0.4 is 0 Å². The van der Waals surface area contributed by atoms with Crippen LogP contribution in [0.1, 0.15) is 11.8 Å². The molecule has 1 aliphatic heterocycles. The molecule has 20 heavy (non-hydrogen) atoms. The number of ether oxygens (including phenoxy) is 1. The Morgan fingerprint density at radius 1 is 1.40 bits per heavy atom. The summed E-state index contributed by atoms with van der Waals surface area (Å²) in [6.07, 6.45) is 4.39. The van der Waals surface area contributed by atoms with Gasteiger partial charge in [0.15, 0.2) is 0 Å². The van der Waals surface area contributed by atoms with E-state index in [1.165, 1.54) is 15.6 Å². The smallest absolute Gasteiger partial charge is 0.252 e. The van der Waals surface area contributed by atoms with Crippen molar-refractivity contribution < 1.29 is 13.2 Å². The maximum Gasteiger partial charge on any atom is 0.252 e. The molecule has 2 aromatic heterocycles. The number of hydrogen-bond donors (Lipinski definition) is 0. The van der Waals surface area contributed by atoms with Gasteiger partial charge in [-0.1, -0.05) is 6.07 Å². The molecule has 1 atom stereocenters. The molecule has 0 aromatic carbocycles. The second-order valence-corrected chi connectivity index (χ2v) is 7.40. The van der Waals surface area contributed by atoms with Crippen molar-refractivity contribution in [2.45, 2.75) is 10.3 Å². The molecule has 3 heterocycles. The third-order valence-electron chi connectivity index (χ3n) is 3.03. The molecular formula is C12H13N3O3S2. The van der Waals surface area contributed by atoms with Crippen molar-refractivity contribution in [2.24, 2.45) is 0 Å². The van der Waals surface area contributed by atoms with Crippen molar-refractivity contribution >= 4 is 21.4 Å². The molecule has 2 aromatic rings. The minimum absolute atomic E-state index is 0.263. The first kappa shape index (κ1) is 13.6. The first-order valence-corrected chi connectivity index (χ1v) is 8.41. The van der Waals surface area contributed by atoms with Gasteiger partial charge in [0, 0.05) is 25.5 Å². The molecule has 0 aliphatic carbocycles. The summed E-state index contributed by atoms with van der Waals surface area (Å²) >= 11 is 1.22. The van der Waals surface area contributed by atoms with E-state index in [9.17, 15) is 8.42 Å². The standard InChI is InChI=1S/C12H13N3O3S2/c16-20(17,12-2-1-7-19-12)15-5-6-18-11(9-15)10-8-13-3-4-14-10/h1-4,7-8,11H,5-6,9H2. The molecule has 0 spiro atoms. The van der Waals surface area contributed by atoms with Crippen molar-refractivity contribution in [1.82, 2.24) is 14.3 Å². The highest BCUT2D eigenvalue weighted by Gasteiger charge is 2.32. The Balaban J connectivity index is 1.83. The lowest BCUT2D eigenvalue weighted by Gasteiger charge is -2.31. The average Bonchev–Trinajstić information content (AvgIpc) is 3.03. The predicted molar refractivity (Wildman–Crippen MR) is 73.8 cm³/mol. The van der Waals surface area contributed by atoms with Crippen LogP contribution in [0.5, 0.6) is 0 Å². The minimum atomic E-state index is -3.44. The van der Waals surface area contributed by atoms with Gasteiger partial charge in [-0.3, -0.25) is 9.97 Å². The summed E-state index contributed by atoms with van der Waals surface area (Å²) in [6.45, 7) is 0.974. The van der Waals surface area contributed by atoms with E-state index in [0.29, 0.717) is 23.1 Å². The highest BCUT2D eigenvalue weighted by Crippen LogP contribution is 2.26. The lowest BCUT2D eigenvalue weighted by atomic mass is 10.2. The Hall–Kier alpha value is -1.35. The molecule has 6 nitrogen and oxygen atoms in total. The van der Waals surface area contributed by atoms with Crippen LogP contribution in [-0.4, -0.2) is 42.4 Å². The van der Waals surface area contributed by atoms with Gasteiger partial charge >= 0.3 is 0 Å². The molecule has 1 saturated heterocycles. The third kappa shape index (κ3) is 2.59. The van der Waals surface area contributed by atoms with Crippen molar-refractivity contribution in [2.75, 3.05) is 19.7 Å². The Kier molecular flexibility index (Phi) is 3.79. The summed E-state index contributed by atoms with van der Waals surface area (Å²) < 4.78 is 32.3. The van der Waals surface area contributed by atoms with E-state index < -0.39 is 10.0 Å². The molecule has 8 heteroatoms. The average molecular weight is 311 g/mol. The molecule has 0 bridgehead atoms. The highest BCUT2D eigenvalue weighted by molar-refractivity contribution is 7.91. The summed E-state index contributed by atoms with van der Waals surface area (Å²) in [5.74, 6) is 0. The SMILES string of the molecule is O=S(=O)(c1cccs1)N1CCOC(c2cnccn2)C1. The van der Waals surface area contributed by atoms with Gasteiger partial charge in [0.1, 0.15) is 10.3 Å². The van der Waals surface area contributed by atoms with Crippen molar-refractivity contribution in [1.29, 1.82) is 0 Å². The second-order valence-electron chi connectivity index (χ2n) is 4.28. The minimum Gasteiger partial charge on any atom is -0.369 e. The van der Waals surface area contributed by atoms with Gasteiger partial charge in [-0.25, -0.2) is 8.42 Å². The van der Waals surface area contributed by atoms with E-state index in [2.05, 4.69) is 9.97 Å². The highest BCUT2D eigenvalue weighted by atomic mass is 32.2. The molecular weight excluding hydrogens is 298 g/mol. The van der Waals surface area contributed by atoms with Gasteiger partial charge < -0.3 is 4.74 Å². The fourth-order valence-corrected chi connectivity index (χ4v) is 4.61. The maximum absolute atomic E-state index is 12.5. The molecule has 1 unspecified atom stereocenters. The Morgan fingerprint density at radius 2 is 2.30 bits per heavy atom. The lowest BCUT2D eigenvalue weighted by Crippen LogP contribution is -2.42. The lowest BCUT2D eigenvalue weighted by molar-refractivity contribution is -0.00509. The van der Waals surface area contributed by atoms with Crippen LogP contribution in [-0.2, 0) is 14.8 Å². The van der Waals surface area contributed by atoms with Gasteiger partial charge in [-0.05, 0) is 11.4 Å². The fourth-order valence-electron chi connectivity index (χ4n) is 2.04. The van der Waals surface area contributed by atoms with Gasteiger partial charge in [0.05, 0.1) is 18.5 Å². The zero-order chi connectivity index (χ0) is 14.0. The van der Waals surface area contributed by atoms with Gasteiger partial charge in [0.2, 0.25) is 0 Å². The normalized spacial score (nSPS) is 20.9. The molecule has 3 rings (SSSR count). The number of aromatic nitrogens is 2. The number of thiophene rings is 1. The van der Waals surface area contributed by atoms with Crippen molar-refractivity contribution in [3.63, 3.8) is 0 Å². The van der Waals surface area contributed by atoms with Crippen LogP contribution in [0.4, 0.5) is 0 Å². The van der Waals surface area contributed by atoms with E-state index in [1.807, 2.05) is 0 Å². The van der Waals surface area contributed by atoms with E-state index in [0.717, 1.165) is 0 Å². The zero-order valence-electron chi connectivity index (χ0n) is 10.5. The van der Waals surface area contributed by atoms with E-state index >= 15 is 0 Å². The van der Waals surface area contributed by atoms with E-state index in [4.69, 9.17) is 4.74 Å². The summed E-state index contributed by atoms with van der Waals surface area (Å²) in [5, 5.41) is 1.76. The van der Waals surface area contributed by atoms with Gasteiger partial charge in [0.25, 0.3) is 10.0 Å². The van der Waals surface area contributed by atoms with Crippen LogP contribution >= 0.6 is 11.3 Å². The fraction of sp³-hybridized carbons (Fsp3) is 0.333. The van der Waals surface area contributed by atoms with Gasteiger partial charge in [-0.15, -0.1) is 11.3 Å². The topological polar surface area (TPSA) is 72.4 Å². The van der Waals surface area contributed by atoms with E-state index in [1.54, 1.807) is 36.1 Å². The van der Waals surface area contributed by atoms with Gasteiger partial charge in [-0.2, -0.15) is 4.31 Å². The number of sulfonamides is 1. The third-order valence-corrected chi connectivity index (χ3v) is 6.27. The summed E-state index contributed by atoms with van der Waals surface area (Å²) in [6, 6.07) is 3.35. The monoisotopic (exact) mass is 311 g/mol. The molecule has 1 fully saturated rings. The molecule has 0 radical (unpaired) electrons. The predicted octanol–water partition coefficient (Wildman–Crippen LogP) is 1.30. The summed E-state index contributed by atoms with van der Waals surface area (Å²) in [7, 11) is -3.44. The quantitative estimate of drug-likeness (QED) is 0.854. The van der Waals surface area contributed by atoms with Crippen LogP contribution in [0.2, 0.25) is 0 Å². The Labute approximate surface area is 121 Å². The first-order valence-electron chi connectivity index (χ1n) is 6.09. The summed E-state index contributed by atoms with van der Waals surface area (Å²) in [4.78, 5) is 8.16. The Bertz CT molecular complexity index is 659. The molecule has 0 amide bonds. The van der Waals surface area contributed by atoms with Crippen molar-refractivity contribution in [3.8, 4) is 0 Å². The van der Waals surface area contributed by atoms with Crippen molar-refractivity contribution in [3.05, 3.63) is 41.8 Å². The summed E-state index contributed by atoms with van der Waals surface area (Å²) in [5.41, 5.74) is 0.651. The number of hydrogen-bond acceptors (Lipinski definition) is 6.